The summed E-state index contributed by atoms with van der Waals surface area (Å²) >= 11 is 0. The third-order valence-electron chi connectivity index (χ3n) is 4.08. The Morgan fingerprint density at radius 1 is 1.25 bits per heavy atom. The van der Waals surface area contributed by atoms with Crippen LogP contribution < -0.4 is 11.3 Å². The van der Waals surface area contributed by atoms with Crippen LogP contribution in [0, 0.1) is 0 Å². The van der Waals surface area contributed by atoms with Gasteiger partial charge >= 0.3 is 0 Å². The van der Waals surface area contributed by atoms with Crippen LogP contribution in [-0.2, 0) is 4.79 Å². The summed E-state index contributed by atoms with van der Waals surface area (Å²) < 4.78 is 0. The fourth-order valence-corrected chi connectivity index (χ4v) is 2.90. The van der Waals surface area contributed by atoms with Crippen LogP contribution in [0.25, 0.3) is 0 Å². The first kappa shape index (κ1) is 15.0. The Labute approximate surface area is 121 Å². The van der Waals surface area contributed by atoms with Crippen LogP contribution in [0.5, 0.6) is 0 Å². The highest BCUT2D eigenvalue weighted by atomic mass is 16.2. The van der Waals surface area contributed by atoms with E-state index in [1.807, 2.05) is 0 Å². The molecule has 2 rings (SSSR count). The Kier molecular flexibility index (Phi) is 6.02. The molecule has 0 saturated carbocycles. The molecule has 1 aromatic carbocycles. The second-order valence-electron chi connectivity index (χ2n) is 5.58. The number of nitrogens with zero attached hydrogens (tertiary/aromatic N) is 1. The van der Waals surface area contributed by atoms with Gasteiger partial charge in [0.15, 0.2) is 0 Å². The van der Waals surface area contributed by atoms with Gasteiger partial charge in [-0.25, -0.2) is 5.84 Å². The van der Waals surface area contributed by atoms with Gasteiger partial charge in [0, 0.05) is 13.0 Å². The van der Waals surface area contributed by atoms with Gasteiger partial charge in [-0.1, -0.05) is 36.8 Å². The Balaban J connectivity index is 1.61. The van der Waals surface area contributed by atoms with E-state index in [0.29, 0.717) is 12.3 Å². The van der Waals surface area contributed by atoms with Crippen LogP contribution in [-0.4, -0.2) is 30.4 Å². The van der Waals surface area contributed by atoms with Crippen LogP contribution >= 0.6 is 0 Å². The van der Waals surface area contributed by atoms with E-state index in [4.69, 9.17) is 5.84 Å². The van der Waals surface area contributed by atoms with Crippen molar-refractivity contribution in [2.45, 2.75) is 38.0 Å². The van der Waals surface area contributed by atoms with Crippen LogP contribution in [0.3, 0.4) is 0 Å². The second-order valence-corrected chi connectivity index (χ2v) is 5.58. The van der Waals surface area contributed by atoms with E-state index in [0.717, 1.165) is 19.4 Å². The minimum Gasteiger partial charge on any atom is -0.303 e. The zero-order valence-corrected chi connectivity index (χ0v) is 12.1. The molecule has 1 heterocycles. The molecule has 0 aromatic heterocycles. The molecule has 1 aliphatic heterocycles. The fourth-order valence-electron chi connectivity index (χ4n) is 2.90. The third kappa shape index (κ3) is 4.62. The zero-order valence-electron chi connectivity index (χ0n) is 12.1. The highest BCUT2D eigenvalue weighted by molar-refractivity contribution is 5.75. The minimum atomic E-state index is -0.0599. The molecule has 1 aliphatic rings. The summed E-state index contributed by atoms with van der Waals surface area (Å²) in [6.45, 7) is 3.52. The average molecular weight is 275 g/mol. The molecule has 1 fully saturated rings. The first-order chi connectivity index (χ1) is 9.79. The molecule has 1 atom stereocenters. The van der Waals surface area contributed by atoms with Gasteiger partial charge in [-0.3, -0.25) is 10.2 Å². The summed E-state index contributed by atoms with van der Waals surface area (Å²) in [5, 5.41) is 0. The summed E-state index contributed by atoms with van der Waals surface area (Å²) in [5.41, 5.74) is 3.64. The van der Waals surface area contributed by atoms with E-state index in [9.17, 15) is 4.79 Å². The van der Waals surface area contributed by atoms with Crippen molar-refractivity contribution in [3.63, 3.8) is 0 Å². The van der Waals surface area contributed by atoms with E-state index >= 15 is 0 Å². The maximum absolute atomic E-state index is 11.0. The van der Waals surface area contributed by atoms with E-state index in [1.165, 1.54) is 31.5 Å². The van der Waals surface area contributed by atoms with Crippen molar-refractivity contribution < 1.29 is 4.79 Å². The van der Waals surface area contributed by atoms with Crippen molar-refractivity contribution in [1.82, 2.24) is 10.3 Å². The molecule has 0 radical (unpaired) electrons. The molecule has 1 unspecified atom stereocenters. The molecule has 0 aliphatic carbocycles. The number of likely N-dealkylation sites (tertiary alicyclic amines) is 1. The van der Waals surface area contributed by atoms with E-state index in [1.54, 1.807) is 0 Å². The maximum Gasteiger partial charge on any atom is 0.233 e. The van der Waals surface area contributed by atoms with E-state index in [-0.39, 0.29) is 5.91 Å². The number of amides is 1. The Morgan fingerprint density at radius 2 is 2.05 bits per heavy atom. The number of hydrogen-bond acceptors (Lipinski definition) is 3. The molecule has 110 valence electrons. The summed E-state index contributed by atoms with van der Waals surface area (Å²) in [6, 6.07) is 10.8. The van der Waals surface area contributed by atoms with Crippen LogP contribution in [0.2, 0.25) is 0 Å². The summed E-state index contributed by atoms with van der Waals surface area (Å²) in [7, 11) is 0. The van der Waals surface area contributed by atoms with Crippen molar-refractivity contribution in [2.24, 2.45) is 5.84 Å². The first-order valence-corrected chi connectivity index (χ1v) is 7.56. The molecular formula is C16H25N3O. The second kappa shape index (κ2) is 8.02. The van der Waals surface area contributed by atoms with Crippen LogP contribution in [0.4, 0.5) is 0 Å². The van der Waals surface area contributed by atoms with E-state index in [2.05, 4.69) is 40.7 Å². The number of carbonyl (C=O) groups is 1. The maximum atomic E-state index is 11.0. The Hall–Kier alpha value is -1.39. The summed E-state index contributed by atoms with van der Waals surface area (Å²) in [6.07, 6.45) is 5.00. The van der Waals surface area contributed by atoms with Gasteiger partial charge in [0.05, 0.1) is 0 Å². The monoisotopic (exact) mass is 275 g/mol. The van der Waals surface area contributed by atoms with Gasteiger partial charge in [-0.15, -0.1) is 0 Å². The molecule has 1 saturated heterocycles. The van der Waals surface area contributed by atoms with Gasteiger partial charge in [0.25, 0.3) is 0 Å². The minimum absolute atomic E-state index is 0.0599. The normalized spacial score (nSPS) is 19.1. The number of carbonyl (C=O) groups excluding carboxylic acids is 1. The van der Waals surface area contributed by atoms with Crippen molar-refractivity contribution in [1.29, 1.82) is 0 Å². The number of nitrogens with one attached hydrogen (secondary N) is 1. The van der Waals surface area contributed by atoms with Gasteiger partial charge < -0.3 is 4.90 Å². The highest BCUT2D eigenvalue weighted by Crippen LogP contribution is 2.26. The number of hydrazine groups is 1. The lowest BCUT2D eigenvalue weighted by molar-refractivity contribution is -0.121. The molecule has 0 spiro atoms. The third-order valence-corrected chi connectivity index (χ3v) is 4.08. The van der Waals surface area contributed by atoms with E-state index < -0.39 is 0 Å². The molecule has 0 bridgehead atoms. The molecule has 3 N–H and O–H groups in total. The first-order valence-electron chi connectivity index (χ1n) is 7.56. The number of benzene rings is 1. The number of hydrogen-bond donors (Lipinski definition) is 2. The van der Waals surface area contributed by atoms with Crippen molar-refractivity contribution in [2.75, 3.05) is 19.6 Å². The predicted molar refractivity (Wildman–Crippen MR) is 81.0 cm³/mol. The summed E-state index contributed by atoms with van der Waals surface area (Å²) in [5.74, 6) is 5.68. The Bertz CT molecular complexity index is 407. The van der Waals surface area contributed by atoms with Gasteiger partial charge in [0.2, 0.25) is 5.91 Å². The van der Waals surface area contributed by atoms with Gasteiger partial charge in [0.1, 0.15) is 0 Å². The molecule has 4 heteroatoms. The molecule has 1 aromatic rings. The average Bonchev–Trinajstić information content (AvgIpc) is 2.96. The Morgan fingerprint density at radius 3 is 2.80 bits per heavy atom. The quantitative estimate of drug-likeness (QED) is 0.346. The number of nitrogens with two attached hydrogens (primary N) is 1. The topological polar surface area (TPSA) is 58.4 Å². The van der Waals surface area contributed by atoms with Gasteiger partial charge in [-0.2, -0.15) is 0 Å². The lowest BCUT2D eigenvalue weighted by Gasteiger charge is -2.16. The molecule has 1 amide bonds. The number of rotatable bonds is 7. The number of unbranched alkanes of at least 4 members (excludes halogenated alkanes) is 2. The molecule has 4 nitrogen and oxygen atoms in total. The van der Waals surface area contributed by atoms with Crippen molar-refractivity contribution >= 4 is 5.91 Å². The predicted octanol–water partition coefficient (Wildman–Crippen LogP) is 2.03. The lowest BCUT2D eigenvalue weighted by atomic mass is 9.99. The highest BCUT2D eigenvalue weighted by Gasteiger charge is 2.22. The fraction of sp³-hybridized carbons (Fsp3) is 0.562. The standard InChI is InChI=1S/C16H25N3O/c17-18-16(20)9-5-2-6-11-19-12-10-15(13-19)14-7-3-1-4-8-14/h1,3-4,7-8,15H,2,5-6,9-13,17H2,(H,18,20). The molecular weight excluding hydrogens is 250 g/mol. The summed E-state index contributed by atoms with van der Waals surface area (Å²) in [4.78, 5) is 13.5. The zero-order chi connectivity index (χ0) is 14.2. The van der Waals surface area contributed by atoms with Crippen molar-refractivity contribution in [3.05, 3.63) is 35.9 Å². The lowest BCUT2D eigenvalue weighted by Crippen LogP contribution is -2.29. The van der Waals surface area contributed by atoms with Crippen molar-refractivity contribution in [3.8, 4) is 0 Å². The van der Waals surface area contributed by atoms with Crippen LogP contribution in [0.15, 0.2) is 30.3 Å². The smallest absolute Gasteiger partial charge is 0.233 e. The van der Waals surface area contributed by atoms with Gasteiger partial charge in [-0.05, 0) is 43.8 Å². The largest absolute Gasteiger partial charge is 0.303 e. The molecule has 20 heavy (non-hydrogen) atoms. The van der Waals surface area contributed by atoms with Crippen LogP contribution in [0.1, 0.15) is 43.6 Å². The SMILES string of the molecule is NNC(=O)CCCCCN1CCC(c2ccccc2)C1.